The molecule has 0 aromatic carbocycles. The SMILES string of the molecule is C[C@@H]1CCCC[C@H]1NC(=O)[C@@H]1C[C@H](O)CN1C(=O)OC(C)(C)C. The van der Waals surface area contributed by atoms with Crippen LogP contribution in [0, 0.1) is 5.92 Å². The maximum Gasteiger partial charge on any atom is 0.411 e. The second kappa shape index (κ2) is 7.07. The van der Waals surface area contributed by atoms with E-state index in [1.807, 2.05) is 0 Å². The van der Waals surface area contributed by atoms with Gasteiger partial charge in [-0.15, -0.1) is 0 Å². The van der Waals surface area contributed by atoms with Crippen LogP contribution in [0.15, 0.2) is 0 Å². The Hall–Kier alpha value is -1.30. The molecule has 0 bridgehead atoms. The van der Waals surface area contributed by atoms with Crippen molar-refractivity contribution < 1.29 is 19.4 Å². The Morgan fingerprint density at radius 3 is 2.48 bits per heavy atom. The molecular formula is C17H30N2O4. The summed E-state index contributed by atoms with van der Waals surface area (Å²) < 4.78 is 5.36. The predicted molar refractivity (Wildman–Crippen MR) is 86.9 cm³/mol. The molecule has 1 saturated heterocycles. The number of carbonyl (C=O) groups is 2. The van der Waals surface area contributed by atoms with Crippen molar-refractivity contribution in [2.45, 2.75) is 83.6 Å². The van der Waals surface area contributed by atoms with Crippen molar-refractivity contribution in [2.24, 2.45) is 5.92 Å². The van der Waals surface area contributed by atoms with Gasteiger partial charge in [0.15, 0.2) is 0 Å². The van der Waals surface area contributed by atoms with Gasteiger partial charge in [-0.05, 0) is 39.5 Å². The van der Waals surface area contributed by atoms with Crippen LogP contribution in [0.2, 0.25) is 0 Å². The predicted octanol–water partition coefficient (Wildman–Crippen LogP) is 2.05. The van der Waals surface area contributed by atoms with E-state index in [1.54, 1.807) is 20.8 Å². The number of β-amino-alcohol motifs (C(OH)–C–C–N with tert-alkyl or cyclic N) is 1. The van der Waals surface area contributed by atoms with Crippen LogP contribution >= 0.6 is 0 Å². The number of nitrogens with zero attached hydrogens (tertiary/aromatic N) is 1. The van der Waals surface area contributed by atoms with Crippen LogP contribution in [0.5, 0.6) is 0 Å². The molecule has 2 fully saturated rings. The summed E-state index contributed by atoms with van der Waals surface area (Å²) >= 11 is 0. The van der Waals surface area contributed by atoms with E-state index in [0.717, 1.165) is 19.3 Å². The molecule has 0 aromatic rings. The number of aliphatic hydroxyl groups is 1. The molecule has 1 aliphatic carbocycles. The van der Waals surface area contributed by atoms with E-state index in [1.165, 1.54) is 11.3 Å². The fraction of sp³-hybridized carbons (Fsp3) is 0.882. The number of rotatable bonds is 2. The second-order valence-corrected chi connectivity index (χ2v) is 7.91. The van der Waals surface area contributed by atoms with Crippen LogP contribution in [0.25, 0.3) is 0 Å². The number of hydrogen-bond acceptors (Lipinski definition) is 4. The first kappa shape index (κ1) is 18.0. The Labute approximate surface area is 138 Å². The normalized spacial score (nSPS) is 31.8. The molecular weight excluding hydrogens is 296 g/mol. The zero-order chi connectivity index (χ0) is 17.2. The first-order chi connectivity index (χ1) is 10.7. The molecule has 0 aromatic heterocycles. The van der Waals surface area contributed by atoms with Crippen LogP contribution in [-0.2, 0) is 9.53 Å². The molecule has 2 N–H and O–H groups in total. The van der Waals surface area contributed by atoms with Gasteiger partial charge in [-0.1, -0.05) is 19.8 Å². The van der Waals surface area contributed by atoms with E-state index < -0.39 is 23.8 Å². The minimum absolute atomic E-state index is 0.146. The van der Waals surface area contributed by atoms with Crippen LogP contribution < -0.4 is 5.32 Å². The van der Waals surface area contributed by atoms with Gasteiger partial charge in [0.1, 0.15) is 11.6 Å². The minimum atomic E-state index is -0.679. The first-order valence-electron chi connectivity index (χ1n) is 8.65. The van der Waals surface area contributed by atoms with E-state index in [-0.39, 0.29) is 24.9 Å². The molecule has 0 spiro atoms. The van der Waals surface area contributed by atoms with E-state index >= 15 is 0 Å². The molecule has 132 valence electrons. The lowest BCUT2D eigenvalue weighted by Crippen LogP contribution is -2.51. The van der Waals surface area contributed by atoms with Gasteiger partial charge in [0.25, 0.3) is 0 Å². The molecule has 2 amide bonds. The average molecular weight is 326 g/mol. The van der Waals surface area contributed by atoms with E-state index in [4.69, 9.17) is 4.74 Å². The number of ether oxygens (including phenoxy) is 1. The number of carbonyl (C=O) groups excluding carboxylic acids is 2. The van der Waals surface area contributed by atoms with Crippen LogP contribution in [-0.4, -0.2) is 52.3 Å². The zero-order valence-corrected chi connectivity index (χ0v) is 14.7. The van der Waals surface area contributed by atoms with Gasteiger partial charge in [0, 0.05) is 12.5 Å². The average Bonchev–Trinajstić information content (AvgIpc) is 2.82. The van der Waals surface area contributed by atoms with Gasteiger partial charge in [0.2, 0.25) is 5.91 Å². The molecule has 23 heavy (non-hydrogen) atoms. The highest BCUT2D eigenvalue weighted by atomic mass is 16.6. The first-order valence-corrected chi connectivity index (χ1v) is 8.65. The molecule has 1 saturated carbocycles. The highest BCUT2D eigenvalue weighted by Crippen LogP contribution is 2.26. The summed E-state index contributed by atoms with van der Waals surface area (Å²) in [6.07, 6.45) is 3.49. The fourth-order valence-electron chi connectivity index (χ4n) is 3.39. The molecule has 0 unspecified atom stereocenters. The number of hydrogen-bond donors (Lipinski definition) is 2. The van der Waals surface area contributed by atoms with Crippen molar-refractivity contribution >= 4 is 12.0 Å². The molecule has 4 atom stereocenters. The van der Waals surface area contributed by atoms with Gasteiger partial charge in [-0.3, -0.25) is 9.69 Å². The third kappa shape index (κ3) is 4.83. The lowest BCUT2D eigenvalue weighted by molar-refractivity contribution is -0.126. The number of aliphatic hydroxyl groups excluding tert-OH is 1. The Morgan fingerprint density at radius 2 is 1.87 bits per heavy atom. The maximum atomic E-state index is 12.6. The summed E-state index contributed by atoms with van der Waals surface area (Å²) in [7, 11) is 0. The lowest BCUT2D eigenvalue weighted by Gasteiger charge is -2.32. The molecule has 6 nitrogen and oxygen atoms in total. The van der Waals surface area contributed by atoms with Crippen molar-refractivity contribution in [1.29, 1.82) is 0 Å². The zero-order valence-electron chi connectivity index (χ0n) is 14.7. The number of amides is 2. The van der Waals surface area contributed by atoms with Crippen molar-refractivity contribution in [2.75, 3.05) is 6.54 Å². The molecule has 0 radical (unpaired) electrons. The minimum Gasteiger partial charge on any atom is -0.444 e. The standard InChI is InChI=1S/C17H30N2O4/c1-11-7-5-6-8-13(11)18-15(21)14-9-12(20)10-19(14)16(22)23-17(2,3)4/h11-14,20H,5-10H2,1-4H3,(H,18,21)/t11-,12+,13-,14+/m1/s1. The molecule has 1 heterocycles. The lowest BCUT2D eigenvalue weighted by atomic mass is 9.86. The smallest absolute Gasteiger partial charge is 0.411 e. The van der Waals surface area contributed by atoms with E-state index in [2.05, 4.69) is 12.2 Å². The van der Waals surface area contributed by atoms with Crippen molar-refractivity contribution in [1.82, 2.24) is 10.2 Å². The third-order valence-electron chi connectivity index (χ3n) is 4.65. The highest BCUT2D eigenvalue weighted by molar-refractivity contribution is 5.86. The summed E-state index contributed by atoms with van der Waals surface area (Å²) in [5, 5.41) is 13.0. The topological polar surface area (TPSA) is 78.9 Å². The molecule has 2 rings (SSSR count). The van der Waals surface area contributed by atoms with Crippen LogP contribution in [0.3, 0.4) is 0 Å². The van der Waals surface area contributed by atoms with Crippen LogP contribution in [0.1, 0.15) is 59.8 Å². The Balaban J connectivity index is 2.00. The largest absolute Gasteiger partial charge is 0.444 e. The summed E-state index contributed by atoms with van der Waals surface area (Å²) in [5.41, 5.74) is -0.621. The van der Waals surface area contributed by atoms with E-state index in [0.29, 0.717) is 5.92 Å². The summed E-state index contributed by atoms with van der Waals surface area (Å²) in [4.78, 5) is 26.3. The number of likely N-dealkylation sites (tertiary alicyclic amines) is 1. The maximum absolute atomic E-state index is 12.6. The fourth-order valence-corrected chi connectivity index (χ4v) is 3.39. The third-order valence-corrected chi connectivity index (χ3v) is 4.65. The monoisotopic (exact) mass is 326 g/mol. The quantitative estimate of drug-likeness (QED) is 0.814. The molecule has 2 aliphatic rings. The van der Waals surface area contributed by atoms with Crippen molar-refractivity contribution in [3.8, 4) is 0 Å². The number of nitrogens with one attached hydrogen (secondary N) is 1. The molecule has 6 heteroatoms. The van der Waals surface area contributed by atoms with Gasteiger partial charge in [0.05, 0.1) is 12.6 Å². The Morgan fingerprint density at radius 1 is 1.22 bits per heavy atom. The van der Waals surface area contributed by atoms with Crippen LogP contribution in [0.4, 0.5) is 4.79 Å². The summed E-state index contributed by atoms with van der Waals surface area (Å²) in [5.74, 6) is 0.278. The van der Waals surface area contributed by atoms with Gasteiger partial charge in [-0.25, -0.2) is 4.79 Å². The summed E-state index contributed by atoms with van der Waals surface area (Å²) in [6, 6.07) is -0.483. The van der Waals surface area contributed by atoms with E-state index in [9.17, 15) is 14.7 Å². The highest BCUT2D eigenvalue weighted by Gasteiger charge is 2.41. The molecule has 1 aliphatic heterocycles. The Kier molecular flexibility index (Phi) is 5.55. The Bertz CT molecular complexity index is 446. The van der Waals surface area contributed by atoms with Gasteiger partial charge < -0.3 is 15.2 Å². The van der Waals surface area contributed by atoms with Crippen molar-refractivity contribution in [3.05, 3.63) is 0 Å². The van der Waals surface area contributed by atoms with Crippen molar-refractivity contribution in [3.63, 3.8) is 0 Å². The van der Waals surface area contributed by atoms with Gasteiger partial charge >= 0.3 is 6.09 Å². The summed E-state index contributed by atoms with van der Waals surface area (Å²) in [6.45, 7) is 7.66. The van der Waals surface area contributed by atoms with Gasteiger partial charge in [-0.2, -0.15) is 0 Å². The second-order valence-electron chi connectivity index (χ2n) is 7.91.